The number of carbonyl (C=O) groups is 1. The molecule has 0 spiro atoms. The van der Waals surface area contributed by atoms with Crippen molar-refractivity contribution in [3.05, 3.63) is 0 Å². The summed E-state index contributed by atoms with van der Waals surface area (Å²) in [5.74, 6) is 0.284. The van der Waals surface area contributed by atoms with E-state index in [4.69, 9.17) is 4.74 Å². The number of carbonyl (C=O) groups excluding carboxylic acids is 1. The summed E-state index contributed by atoms with van der Waals surface area (Å²) in [5, 5.41) is 9.66. The van der Waals surface area contributed by atoms with Crippen LogP contribution in [-0.4, -0.2) is 48.8 Å². The molecule has 0 rings (SSSR count). The van der Waals surface area contributed by atoms with E-state index >= 15 is 0 Å². The summed E-state index contributed by atoms with van der Waals surface area (Å²) in [5.41, 5.74) is 0. The molecule has 4 heteroatoms. The first-order valence-corrected chi connectivity index (χ1v) is 6.01. The number of likely N-dealkylation sites (N-methyl/N-ethyl adjacent to an activating group) is 1. The Balaban J connectivity index is 3.77. The van der Waals surface area contributed by atoms with E-state index in [0.29, 0.717) is 19.1 Å². The Morgan fingerprint density at radius 2 is 2.00 bits per heavy atom. The number of hydrogen-bond acceptors (Lipinski definition) is 4. The highest BCUT2D eigenvalue weighted by Gasteiger charge is 2.14. The number of rotatable bonds is 8. The molecule has 0 aromatic heterocycles. The van der Waals surface area contributed by atoms with Crippen LogP contribution in [0.4, 0.5) is 0 Å². The molecular weight excluding hydrogens is 206 g/mol. The third-order valence-electron chi connectivity index (χ3n) is 2.55. The lowest BCUT2D eigenvalue weighted by Gasteiger charge is -2.22. The van der Waals surface area contributed by atoms with Gasteiger partial charge in [0.25, 0.3) is 0 Å². The molecule has 1 N–H and O–H groups in total. The summed E-state index contributed by atoms with van der Waals surface area (Å²) >= 11 is 0. The lowest BCUT2D eigenvalue weighted by atomic mass is 10.1. The van der Waals surface area contributed by atoms with Crippen molar-refractivity contribution >= 4 is 5.97 Å². The molecule has 0 bridgehead atoms. The van der Waals surface area contributed by atoms with E-state index in [1.54, 1.807) is 6.92 Å². The number of ether oxygens (including phenoxy) is 1. The van der Waals surface area contributed by atoms with Crippen LogP contribution < -0.4 is 0 Å². The minimum atomic E-state index is -0.631. The first-order valence-electron chi connectivity index (χ1n) is 6.01. The Morgan fingerprint density at radius 3 is 2.50 bits per heavy atom. The minimum absolute atomic E-state index is 0.0820. The van der Waals surface area contributed by atoms with Crippen molar-refractivity contribution < 1.29 is 14.6 Å². The molecule has 2 unspecified atom stereocenters. The van der Waals surface area contributed by atoms with E-state index < -0.39 is 6.10 Å². The Labute approximate surface area is 98.6 Å². The maximum Gasteiger partial charge on any atom is 0.308 e. The van der Waals surface area contributed by atoms with Gasteiger partial charge in [0.1, 0.15) is 0 Å². The fourth-order valence-corrected chi connectivity index (χ4v) is 1.57. The van der Waals surface area contributed by atoms with Crippen LogP contribution in [0.15, 0.2) is 0 Å². The second kappa shape index (κ2) is 8.53. The monoisotopic (exact) mass is 231 g/mol. The van der Waals surface area contributed by atoms with E-state index in [9.17, 15) is 9.90 Å². The van der Waals surface area contributed by atoms with Crippen molar-refractivity contribution in [1.82, 2.24) is 4.90 Å². The molecule has 2 atom stereocenters. The first-order chi connectivity index (χ1) is 7.49. The molecule has 0 aromatic carbocycles. The average molecular weight is 231 g/mol. The van der Waals surface area contributed by atoms with Gasteiger partial charge in [-0.2, -0.15) is 0 Å². The second-order valence-corrected chi connectivity index (χ2v) is 4.40. The number of esters is 1. The average Bonchev–Trinajstić information content (AvgIpc) is 2.16. The third kappa shape index (κ3) is 7.65. The van der Waals surface area contributed by atoms with E-state index in [-0.39, 0.29) is 12.4 Å². The van der Waals surface area contributed by atoms with Crippen LogP contribution in [0.2, 0.25) is 0 Å². The van der Waals surface area contributed by atoms with E-state index in [1.807, 2.05) is 7.05 Å². The van der Waals surface area contributed by atoms with E-state index in [2.05, 4.69) is 18.7 Å². The predicted octanol–water partition coefficient (Wildman–Crippen LogP) is 1.28. The van der Waals surface area contributed by atoms with Gasteiger partial charge in [-0.15, -0.1) is 0 Å². The van der Waals surface area contributed by atoms with Gasteiger partial charge in [0, 0.05) is 13.1 Å². The SMILES string of the molecule is CCOC(=O)CC(O)CN(C)CC(C)CC. The highest BCUT2D eigenvalue weighted by atomic mass is 16.5. The van der Waals surface area contributed by atoms with Crippen molar-refractivity contribution in [2.45, 2.75) is 39.7 Å². The normalized spacial score (nSPS) is 14.9. The van der Waals surface area contributed by atoms with Gasteiger partial charge in [-0.05, 0) is 19.9 Å². The molecule has 96 valence electrons. The quantitative estimate of drug-likeness (QED) is 0.639. The molecule has 0 aliphatic heterocycles. The largest absolute Gasteiger partial charge is 0.466 e. The number of aliphatic hydroxyl groups excluding tert-OH is 1. The van der Waals surface area contributed by atoms with Gasteiger partial charge in [0.15, 0.2) is 0 Å². The molecule has 16 heavy (non-hydrogen) atoms. The van der Waals surface area contributed by atoms with Gasteiger partial charge in [0.05, 0.1) is 19.1 Å². The highest BCUT2D eigenvalue weighted by Crippen LogP contribution is 2.04. The lowest BCUT2D eigenvalue weighted by Crippen LogP contribution is -2.33. The smallest absolute Gasteiger partial charge is 0.308 e. The molecule has 0 radical (unpaired) electrons. The second-order valence-electron chi connectivity index (χ2n) is 4.40. The first kappa shape index (κ1) is 15.4. The van der Waals surface area contributed by atoms with Crippen molar-refractivity contribution in [2.75, 3.05) is 26.7 Å². The van der Waals surface area contributed by atoms with Crippen LogP contribution in [0, 0.1) is 5.92 Å². The summed E-state index contributed by atoms with van der Waals surface area (Å²) < 4.78 is 4.78. The van der Waals surface area contributed by atoms with Crippen LogP contribution in [-0.2, 0) is 9.53 Å². The number of nitrogens with zero attached hydrogens (tertiary/aromatic N) is 1. The van der Waals surface area contributed by atoms with Gasteiger partial charge in [-0.1, -0.05) is 20.3 Å². The van der Waals surface area contributed by atoms with Crippen molar-refractivity contribution in [3.63, 3.8) is 0 Å². The zero-order chi connectivity index (χ0) is 12.6. The van der Waals surface area contributed by atoms with Gasteiger partial charge < -0.3 is 14.7 Å². The summed E-state index contributed by atoms with van der Waals surface area (Å²) in [6.07, 6.45) is 0.574. The Morgan fingerprint density at radius 1 is 1.38 bits per heavy atom. The molecule has 0 aliphatic rings. The standard InChI is InChI=1S/C12H25NO3/c1-5-10(3)8-13(4)9-11(14)7-12(15)16-6-2/h10-11,14H,5-9H2,1-4H3. The van der Waals surface area contributed by atoms with Crippen molar-refractivity contribution in [3.8, 4) is 0 Å². The topological polar surface area (TPSA) is 49.8 Å². The lowest BCUT2D eigenvalue weighted by molar-refractivity contribution is -0.145. The molecule has 4 nitrogen and oxygen atoms in total. The molecule has 0 saturated heterocycles. The molecule has 0 amide bonds. The Hall–Kier alpha value is -0.610. The van der Waals surface area contributed by atoms with Crippen molar-refractivity contribution in [1.29, 1.82) is 0 Å². The molecule has 0 fully saturated rings. The number of hydrogen-bond donors (Lipinski definition) is 1. The van der Waals surface area contributed by atoms with Gasteiger partial charge in [-0.25, -0.2) is 0 Å². The molecule has 0 aromatic rings. The van der Waals surface area contributed by atoms with Crippen LogP contribution in [0.5, 0.6) is 0 Å². The highest BCUT2D eigenvalue weighted by molar-refractivity contribution is 5.69. The Kier molecular flexibility index (Phi) is 8.21. The zero-order valence-corrected chi connectivity index (χ0v) is 10.9. The van der Waals surface area contributed by atoms with E-state index in [1.165, 1.54) is 0 Å². The van der Waals surface area contributed by atoms with Crippen LogP contribution >= 0.6 is 0 Å². The van der Waals surface area contributed by atoms with E-state index in [0.717, 1.165) is 13.0 Å². The molecule has 0 aliphatic carbocycles. The maximum atomic E-state index is 11.1. The van der Waals surface area contributed by atoms with Crippen molar-refractivity contribution in [2.24, 2.45) is 5.92 Å². The Bertz CT molecular complexity index is 197. The minimum Gasteiger partial charge on any atom is -0.466 e. The van der Waals surface area contributed by atoms with Gasteiger partial charge >= 0.3 is 5.97 Å². The van der Waals surface area contributed by atoms with Crippen LogP contribution in [0.1, 0.15) is 33.6 Å². The number of aliphatic hydroxyl groups is 1. The summed E-state index contributed by atoms with van der Waals surface area (Å²) in [6.45, 7) is 7.91. The molecule has 0 heterocycles. The third-order valence-corrected chi connectivity index (χ3v) is 2.55. The van der Waals surface area contributed by atoms with Crippen LogP contribution in [0.3, 0.4) is 0 Å². The summed E-state index contributed by atoms with van der Waals surface area (Å²) in [4.78, 5) is 13.2. The van der Waals surface area contributed by atoms with Gasteiger partial charge in [-0.3, -0.25) is 4.79 Å². The van der Waals surface area contributed by atoms with Crippen LogP contribution in [0.25, 0.3) is 0 Å². The maximum absolute atomic E-state index is 11.1. The summed E-state index contributed by atoms with van der Waals surface area (Å²) in [6, 6.07) is 0. The fourth-order valence-electron chi connectivity index (χ4n) is 1.57. The zero-order valence-electron chi connectivity index (χ0n) is 10.9. The molecular formula is C12H25NO3. The predicted molar refractivity (Wildman–Crippen MR) is 64.2 cm³/mol. The van der Waals surface area contributed by atoms with Gasteiger partial charge in [0.2, 0.25) is 0 Å². The fraction of sp³-hybridized carbons (Fsp3) is 0.917. The summed E-state index contributed by atoms with van der Waals surface area (Å²) in [7, 11) is 1.96. The molecule has 0 saturated carbocycles.